The van der Waals surface area contributed by atoms with Gasteiger partial charge in [-0.05, 0) is 45.5 Å². The molecule has 5 nitrogen and oxygen atoms in total. The highest BCUT2D eigenvalue weighted by Gasteiger charge is 2.31. The maximum atomic E-state index is 11.4. The summed E-state index contributed by atoms with van der Waals surface area (Å²) in [7, 11) is 2.02. The van der Waals surface area contributed by atoms with Crippen molar-refractivity contribution in [3.8, 4) is 0 Å². The minimum absolute atomic E-state index is 0.584. The SMILES string of the molecule is CCCNC(C)(CCN(C)CCc1ccccn1)C(=O)O. The minimum atomic E-state index is -0.852. The van der Waals surface area contributed by atoms with E-state index in [-0.39, 0.29) is 0 Å². The van der Waals surface area contributed by atoms with E-state index in [9.17, 15) is 9.90 Å². The highest BCUT2D eigenvalue weighted by molar-refractivity contribution is 5.78. The molecular weight excluding hydrogens is 266 g/mol. The number of carboxylic acid groups (broad SMARTS) is 1. The topological polar surface area (TPSA) is 65.5 Å². The maximum absolute atomic E-state index is 11.4. The molecule has 1 aromatic heterocycles. The van der Waals surface area contributed by atoms with Crippen LogP contribution in [0.25, 0.3) is 0 Å². The predicted molar refractivity (Wildman–Crippen MR) is 84.4 cm³/mol. The zero-order valence-corrected chi connectivity index (χ0v) is 13.3. The van der Waals surface area contributed by atoms with Crippen LogP contribution in [0.5, 0.6) is 0 Å². The van der Waals surface area contributed by atoms with Gasteiger partial charge in [0.15, 0.2) is 0 Å². The fraction of sp³-hybridized carbons (Fsp3) is 0.625. The molecule has 1 heterocycles. The van der Waals surface area contributed by atoms with Crippen molar-refractivity contribution in [2.75, 3.05) is 26.7 Å². The normalized spacial score (nSPS) is 14.1. The van der Waals surface area contributed by atoms with Crippen LogP contribution in [0.3, 0.4) is 0 Å². The standard InChI is InChI=1S/C16H27N3O2/c1-4-10-18-16(2,15(20)21)9-13-19(3)12-8-14-7-5-6-11-17-14/h5-7,11,18H,4,8-10,12-13H2,1-3H3,(H,20,21). The number of hydrogen-bond acceptors (Lipinski definition) is 4. The fourth-order valence-corrected chi connectivity index (χ4v) is 2.05. The highest BCUT2D eigenvalue weighted by atomic mass is 16.4. The van der Waals surface area contributed by atoms with Gasteiger partial charge in [-0.3, -0.25) is 9.78 Å². The summed E-state index contributed by atoms with van der Waals surface area (Å²) in [4.78, 5) is 17.9. The largest absolute Gasteiger partial charge is 0.480 e. The first-order valence-corrected chi connectivity index (χ1v) is 7.55. The maximum Gasteiger partial charge on any atom is 0.323 e. The molecule has 0 aromatic carbocycles. The summed E-state index contributed by atoms with van der Waals surface area (Å²) in [5, 5.41) is 12.5. The smallest absolute Gasteiger partial charge is 0.323 e. The van der Waals surface area contributed by atoms with Gasteiger partial charge in [0.25, 0.3) is 0 Å². The third-order valence-electron chi connectivity index (χ3n) is 3.71. The molecule has 0 amide bonds. The highest BCUT2D eigenvalue weighted by Crippen LogP contribution is 2.11. The van der Waals surface area contributed by atoms with E-state index < -0.39 is 11.5 Å². The zero-order chi connectivity index (χ0) is 15.7. The lowest BCUT2D eigenvalue weighted by atomic mass is 9.97. The van der Waals surface area contributed by atoms with Crippen molar-refractivity contribution in [2.45, 2.75) is 38.6 Å². The van der Waals surface area contributed by atoms with E-state index in [0.717, 1.165) is 38.2 Å². The Hall–Kier alpha value is -1.46. The second kappa shape index (κ2) is 8.74. The molecule has 0 aliphatic heterocycles. The van der Waals surface area contributed by atoms with Crippen LogP contribution >= 0.6 is 0 Å². The van der Waals surface area contributed by atoms with Crippen molar-refractivity contribution >= 4 is 5.97 Å². The van der Waals surface area contributed by atoms with Gasteiger partial charge in [0.05, 0.1) is 0 Å². The number of carbonyl (C=O) groups is 1. The molecule has 1 aromatic rings. The molecule has 5 heteroatoms. The summed E-state index contributed by atoms with van der Waals surface area (Å²) in [6, 6.07) is 5.90. The molecule has 0 aliphatic carbocycles. The van der Waals surface area contributed by atoms with Crippen LogP contribution in [-0.2, 0) is 11.2 Å². The Morgan fingerprint density at radius 3 is 2.76 bits per heavy atom. The molecule has 21 heavy (non-hydrogen) atoms. The van der Waals surface area contributed by atoms with Crippen molar-refractivity contribution in [1.29, 1.82) is 0 Å². The molecule has 1 atom stereocenters. The van der Waals surface area contributed by atoms with Crippen molar-refractivity contribution < 1.29 is 9.90 Å². The number of pyridine rings is 1. The average molecular weight is 293 g/mol. The lowest BCUT2D eigenvalue weighted by molar-refractivity contribution is -0.144. The van der Waals surface area contributed by atoms with Gasteiger partial charge >= 0.3 is 5.97 Å². The molecule has 0 radical (unpaired) electrons. The van der Waals surface area contributed by atoms with Crippen LogP contribution in [0.1, 0.15) is 32.4 Å². The van der Waals surface area contributed by atoms with Gasteiger partial charge in [-0.15, -0.1) is 0 Å². The predicted octanol–water partition coefficient (Wildman–Crippen LogP) is 1.79. The van der Waals surface area contributed by atoms with E-state index in [0.29, 0.717) is 6.42 Å². The van der Waals surface area contributed by atoms with E-state index in [2.05, 4.69) is 15.2 Å². The van der Waals surface area contributed by atoms with Crippen molar-refractivity contribution in [3.63, 3.8) is 0 Å². The molecule has 118 valence electrons. The minimum Gasteiger partial charge on any atom is -0.480 e. The summed E-state index contributed by atoms with van der Waals surface area (Å²) < 4.78 is 0. The van der Waals surface area contributed by atoms with Crippen molar-refractivity contribution in [2.24, 2.45) is 0 Å². The van der Waals surface area contributed by atoms with E-state index in [1.165, 1.54) is 0 Å². The third-order valence-corrected chi connectivity index (χ3v) is 3.71. The number of aliphatic carboxylic acids is 1. The Bertz CT molecular complexity index is 425. The quantitative estimate of drug-likeness (QED) is 0.688. The number of nitrogens with one attached hydrogen (secondary N) is 1. The zero-order valence-electron chi connectivity index (χ0n) is 13.3. The van der Waals surface area contributed by atoms with Gasteiger partial charge in [-0.1, -0.05) is 13.0 Å². The van der Waals surface area contributed by atoms with E-state index >= 15 is 0 Å². The average Bonchev–Trinajstić information content (AvgIpc) is 2.49. The molecule has 1 rings (SSSR count). The first-order valence-electron chi connectivity index (χ1n) is 7.55. The summed E-state index contributed by atoms with van der Waals surface area (Å²) in [6.45, 7) is 6.14. The second-order valence-electron chi connectivity index (χ2n) is 5.69. The monoisotopic (exact) mass is 293 g/mol. The van der Waals surface area contributed by atoms with Crippen LogP contribution in [0.2, 0.25) is 0 Å². The van der Waals surface area contributed by atoms with Crippen LogP contribution in [0.15, 0.2) is 24.4 Å². The van der Waals surface area contributed by atoms with E-state index in [1.54, 1.807) is 13.1 Å². The van der Waals surface area contributed by atoms with Crippen molar-refractivity contribution in [3.05, 3.63) is 30.1 Å². The van der Waals surface area contributed by atoms with Crippen LogP contribution < -0.4 is 5.32 Å². The van der Waals surface area contributed by atoms with Gasteiger partial charge in [0.1, 0.15) is 5.54 Å². The third kappa shape index (κ3) is 6.23. The van der Waals surface area contributed by atoms with Gasteiger partial charge in [-0.25, -0.2) is 0 Å². The van der Waals surface area contributed by atoms with Gasteiger partial charge in [0, 0.05) is 31.4 Å². The molecule has 0 spiro atoms. The Kier molecular flexibility index (Phi) is 7.32. The molecule has 2 N–H and O–H groups in total. The van der Waals surface area contributed by atoms with Crippen LogP contribution in [0.4, 0.5) is 0 Å². The summed E-state index contributed by atoms with van der Waals surface area (Å²) in [5.74, 6) is -0.783. The molecule has 0 bridgehead atoms. The van der Waals surface area contributed by atoms with E-state index in [1.807, 2.05) is 32.2 Å². The van der Waals surface area contributed by atoms with Crippen molar-refractivity contribution in [1.82, 2.24) is 15.2 Å². The molecule has 0 aliphatic rings. The Balaban J connectivity index is 2.39. The number of likely N-dealkylation sites (N-methyl/N-ethyl adjacent to an activating group) is 1. The molecular formula is C16H27N3O2. The lowest BCUT2D eigenvalue weighted by Gasteiger charge is -2.28. The number of hydrogen-bond donors (Lipinski definition) is 2. The van der Waals surface area contributed by atoms with Gasteiger partial charge in [0.2, 0.25) is 0 Å². The first kappa shape index (κ1) is 17.6. The van der Waals surface area contributed by atoms with Gasteiger partial charge in [-0.2, -0.15) is 0 Å². The van der Waals surface area contributed by atoms with Crippen LogP contribution in [0, 0.1) is 0 Å². The number of nitrogens with zero attached hydrogens (tertiary/aromatic N) is 2. The van der Waals surface area contributed by atoms with Crippen LogP contribution in [-0.4, -0.2) is 53.2 Å². The Morgan fingerprint density at radius 2 is 2.19 bits per heavy atom. The number of rotatable bonds is 10. The summed E-state index contributed by atoms with van der Waals surface area (Å²) in [6.07, 6.45) is 4.19. The summed E-state index contributed by atoms with van der Waals surface area (Å²) in [5.41, 5.74) is 0.212. The second-order valence-corrected chi connectivity index (χ2v) is 5.69. The Morgan fingerprint density at radius 1 is 1.43 bits per heavy atom. The fourth-order valence-electron chi connectivity index (χ4n) is 2.05. The first-order chi connectivity index (χ1) is 9.98. The van der Waals surface area contributed by atoms with Gasteiger partial charge < -0.3 is 15.3 Å². The Labute approximate surface area is 127 Å². The molecule has 1 unspecified atom stereocenters. The summed E-state index contributed by atoms with van der Waals surface area (Å²) >= 11 is 0. The van der Waals surface area contributed by atoms with E-state index in [4.69, 9.17) is 0 Å². The number of carboxylic acids is 1. The lowest BCUT2D eigenvalue weighted by Crippen LogP contribution is -2.51. The number of aromatic nitrogens is 1. The molecule has 0 saturated heterocycles. The molecule has 0 saturated carbocycles. The molecule has 0 fully saturated rings.